The molecule has 2 aromatic heterocycles. The Morgan fingerprint density at radius 2 is 2.06 bits per heavy atom. The van der Waals surface area contributed by atoms with E-state index in [0.29, 0.717) is 26.4 Å². The van der Waals surface area contributed by atoms with E-state index in [9.17, 15) is 13.2 Å². The Bertz CT molecular complexity index is 558. The average molecular weight is 263 g/mol. The lowest BCUT2D eigenvalue weighted by Crippen LogP contribution is -2.02. The first-order valence-corrected chi connectivity index (χ1v) is 5.27. The first-order chi connectivity index (χ1) is 7.48. The molecular weight excluding hydrogens is 259 g/mol. The standard InChI is InChI=1S/C8H4F3N3S2/c9-8(10,11)7-13-2-5(16-7)4-1-12-3-14-6(4)15/h1-3H,(H,12,14,15). The van der Waals surface area contributed by atoms with E-state index in [1.165, 1.54) is 12.5 Å². The van der Waals surface area contributed by atoms with Gasteiger partial charge in [-0.3, -0.25) is 0 Å². The van der Waals surface area contributed by atoms with E-state index in [2.05, 4.69) is 15.0 Å². The molecule has 2 heterocycles. The van der Waals surface area contributed by atoms with Crippen molar-refractivity contribution in [1.82, 2.24) is 15.0 Å². The van der Waals surface area contributed by atoms with E-state index in [-0.39, 0.29) is 0 Å². The highest BCUT2D eigenvalue weighted by Crippen LogP contribution is 2.36. The minimum absolute atomic E-state index is 0.340. The number of hydrogen-bond acceptors (Lipinski definition) is 4. The van der Waals surface area contributed by atoms with Gasteiger partial charge in [-0.15, -0.1) is 11.3 Å². The Morgan fingerprint density at radius 1 is 1.31 bits per heavy atom. The molecule has 0 saturated carbocycles. The van der Waals surface area contributed by atoms with Crippen molar-refractivity contribution in [2.45, 2.75) is 6.18 Å². The number of hydrogen-bond donors (Lipinski definition) is 1. The lowest BCUT2D eigenvalue weighted by molar-refractivity contribution is -0.137. The van der Waals surface area contributed by atoms with Crippen LogP contribution in [0.2, 0.25) is 0 Å². The molecule has 0 saturated heterocycles. The third-order valence-corrected chi connectivity index (χ3v) is 3.15. The number of nitrogens with zero attached hydrogens (tertiary/aromatic N) is 2. The van der Waals surface area contributed by atoms with Gasteiger partial charge in [0.25, 0.3) is 0 Å². The maximum absolute atomic E-state index is 12.3. The fourth-order valence-electron chi connectivity index (χ4n) is 1.05. The predicted octanol–water partition coefficient (Wildman–Crippen LogP) is 3.28. The first kappa shape index (κ1) is 11.2. The molecule has 0 aliphatic rings. The monoisotopic (exact) mass is 263 g/mol. The lowest BCUT2D eigenvalue weighted by atomic mass is 10.3. The predicted molar refractivity (Wildman–Crippen MR) is 55.5 cm³/mol. The van der Waals surface area contributed by atoms with Crippen LogP contribution in [0.4, 0.5) is 13.2 Å². The van der Waals surface area contributed by atoms with Crippen LogP contribution >= 0.6 is 23.6 Å². The molecule has 0 fully saturated rings. The van der Waals surface area contributed by atoms with Gasteiger partial charge in [0.15, 0.2) is 5.01 Å². The highest BCUT2D eigenvalue weighted by molar-refractivity contribution is 7.71. The summed E-state index contributed by atoms with van der Waals surface area (Å²) in [5.74, 6) is 0. The van der Waals surface area contributed by atoms with E-state index in [0.717, 1.165) is 6.20 Å². The van der Waals surface area contributed by atoms with Crippen LogP contribution in [0.25, 0.3) is 10.4 Å². The first-order valence-electron chi connectivity index (χ1n) is 4.04. The third-order valence-electron chi connectivity index (χ3n) is 1.73. The molecule has 0 aliphatic carbocycles. The molecule has 0 bridgehead atoms. The van der Waals surface area contributed by atoms with Gasteiger partial charge in [-0.05, 0) is 0 Å². The number of nitrogens with one attached hydrogen (secondary N) is 1. The quantitative estimate of drug-likeness (QED) is 0.803. The molecule has 2 rings (SSSR count). The second kappa shape index (κ2) is 3.95. The third kappa shape index (κ3) is 2.12. The van der Waals surface area contributed by atoms with Crippen LogP contribution in [0.5, 0.6) is 0 Å². The number of aromatic amines is 1. The maximum Gasteiger partial charge on any atom is 0.443 e. The Balaban J connectivity index is 2.48. The van der Waals surface area contributed by atoms with Crippen LogP contribution in [-0.4, -0.2) is 15.0 Å². The van der Waals surface area contributed by atoms with Crippen LogP contribution in [0.3, 0.4) is 0 Å². The van der Waals surface area contributed by atoms with Crippen molar-refractivity contribution in [2.24, 2.45) is 0 Å². The van der Waals surface area contributed by atoms with Gasteiger partial charge in [-0.2, -0.15) is 13.2 Å². The van der Waals surface area contributed by atoms with Gasteiger partial charge in [0.05, 0.1) is 11.2 Å². The molecule has 0 atom stereocenters. The van der Waals surface area contributed by atoms with Gasteiger partial charge in [0, 0.05) is 18.0 Å². The molecule has 84 valence electrons. The zero-order valence-corrected chi connectivity index (χ0v) is 9.21. The van der Waals surface area contributed by atoms with Gasteiger partial charge in [-0.1, -0.05) is 12.2 Å². The van der Waals surface area contributed by atoms with E-state index < -0.39 is 11.2 Å². The molecule has 0 aromatic carbocycles. The molecule has 0 radical (unpaired) electrons. The summed E-state index contributed by atoms with van der Waals surface area (Å²) in [6.45, 7) is 0. The van der Waals surface area contributed by atoms with E-state index in [4.69, 9.17) is 12.2 Å². The van der Waals surface area contributed by atoms with Gasteiger partial charge in [0.2, 0.25) is 0 Å². The van der Waals surface area contributed by atoms with E-state index in [1.807, 2.05) is 0 Å². The van der Waals surface area contributed by atoms with Gasteiger partial charge in [-0.25, -0.2) is 9.97 Å². The summed E-state index contributed by atoms with van der Waals surface area (Å²) in [4.78, 5) is 10.1. The fourth-order valence-corrected chi connectivity index (χ4v) is 2.13. The number of rotatable bonds is 1. The van der Waals surface area contributed by atoms with Crippen molar-refractivity contribution in [2.75, 3.05) is 0 Å². The maximum atomic E-state index is 12.3. The summed E-state index contributed by atoms with van der Waals surface area (Å²) in [5, 5.41) is -0.888. The molecule has 8 heteroatoms. The van der Waals surface area contributed by atoms with Crippen molar-refractivity contribution in [1.29, 1.82) is 0 Å². The van der Waals surface area contributed by atoms with E-state index in [1.54, 1.807) is 0 Å². The van der Waals surface area contributed by atoms with Crippen molar-refractivity contribution < 1.29 is 13.2 Å². The molecular formula is C8H4F3N3S2. The Hall–Kier alpha value is -1.28. The topological polar surface area (TPSA) is 41.6 Å². The van der Waals surface area contributed by atoms with Crippen LogP contribution in [0.1, 0.15) is 5.01 Å². The number of alkyl halides is 3. The number of aromatic nitrogens is 3. The molecule has 1 N–H and O–H groups in total. The fraction of sp³-hybridized carbons (Fsp3) is 0.125. The normalized spacial score (nSPS) is 11.7. The smallest absolute Gasteiger partial charge is 0.337 e. The molecule has 0 aliphatic heterocycles. The van der Waals surface area contributed by atoms with Crippen LogP contribution < -0.4 is 0 Å². The van der Waals surface area contributed by atoms with Gasteiger partial charge >= 0.3 is 6.18 Å². The highest BCUT2D eigenvalue weighted by atomic mass is 32.1. The summed E-state index contributed by atoms with van der Waals surface area (Å²) in [7, 11) is 0. The Kier molecular flexibility index (Phi) is 2.76. The van der Waals surface area contributed by atoms with Crippen LogP contribution in [-0.2, 0) is 6.18 Å². The van der Waals surface area contributed by atoms with Gasteiger partial charge in [0.1, 0.15) is 4.64 Å². The van der Waals surface area contributed by atoms with Crippen LogP contribution in [0.15, 0.2) is 18.7 Å². The van der Waals surface area contributed by atoms with Crippen molar-refractivity contribution >= 4 is 23.6 Å². The molecule has 0 unspecified atom stereocenters. The van der Waals surface area contributed by atoms with Gasteiger partial charge < -0.3 is 4.98 Å². The molecule has 2 aromatic rings. The minimum Gasteiger partial charge on any atom is -0.337 e. The summed E-state index contributed by atoms with van der Waals surface area (Å²) in [6, 6.07) is 0. The average Bonchev–Trinajstić information content (AvgIpc) is 2.66. The zero-order valence-electron chi connectivity index (χ0n) is 7.58. The Labute approximate surface area is 97.0 Å². The van der Waals surface area contributed by atoms with E-state index >= 15 is 0 Å². The highest BCUT2D eigenvalue weighted by Gasteiger charge is 2.34. The summed E-state index contributed by atoms with van der Waals surface area (Å²) in [6.07, 6.45) is -0.491. The summed E-state index contributed by atoms with van der Waals surface area (Å²) < 4.78 is 37.3. The SMILES string of the molecule is FC(F)(F)c1ncc(-c2cnc[nH]c2=S)s1. The largest absolute Gasteiger partial charge is 0.443 e. The summed E-state index contributed by atoms with van der Waals surface area (Å²) in [5.41, 5.74) is 0.450. The second-order valence-electron chi connectivity index (χ2n) is 2.82. The zero-order chi connectivity index (χ0) is 11.8. The molecule has 0 amide bonds. The molecule has 0 spiro atoms. The molecule has 16 heavy (non-hydrogen) atoms. The number of thiazole rings is 1. The van der Waals surface area contributed by atoms with Crippen LogP contribution in [0, 0.1) is 4.64 Å². The minimum atomic E-state index is -4.42. The lowest BCUT2D eigenvalue weighted by Gasteiger charge is -1.99. The number of H-pyrrole nitrogens is 1. The van der Waals surface area contributed by atoms with Crippen molar-refractivity contribution in [3.8, 4) is 10.4 Å². The van der Waals surface area contributed by atoms with Crippen molar-refractivity contribution in [3.05, 3.63) is 28.4 Å². The Morgan fingerprint density at radius 3 is 2.62 bits per heavy atom. The number of halogens is 3. The second-order valence-corrected chi connectivity index (χ2v) is 4.26. The summed E-state index contributed by atoms with van der Waals surface area (Å²) >= 11 is 5.48. The molecule has 3 nitrogen and oxygen atoms in total. The van der Waals surface area contributed by atoms with Crippen molar-refractivity contribution in [3.63, 3.8) is 0 Å².